The molecule has 0 saturated heterocycles. The number of rotatable bonds is 1. The van der Waals surface area contributed by atoms with E-state index in [0.29, 0.717) is 10.6 Å². The van der Waals surface area contributed by atoms with Gasteiger partial charge in [-0.25, -0.2) is 4.98 Å². The third-order valence-corrected chi connectivity index (χ3v) is 2.78. The van der Waals surface area contributed by atoms with Crippen LogP contribution in [0.3, 0.4) is 0 Å². The molecule has 3 heteroatoms. The maximum absolute atomic E-state index is 6.20. The first-order chi connectivity index (χ1) is 7.86. The van der Waals surface area contributed by atoms with Gasteiger partial charge < -0.3 is 4.42 Å². The molecule has 2 nitrogen and oxygen atoms in total. The number of aromatic nitrogens is 1. The Labute approximate surface area is 97.5 Å². The van der Waals surface area contributed by atoms with Crippen LogP contribution in [0.15, 0.2) is 46.9 Å². The van der Waals surface area contributed by atoms with Crippen LogP contribution in [0.5, 0.6) is 0 Å². The second-order valence-electron chi connectivity index (χ2n) is 3.44. The molecule has 0 N–H and O–H groups in total. The van der Waals surface area contributed by atoms with Gasteiger partial charge in [0.2, 0.25) is 0 Å². The van der Waals surface area contributed by atoms with E-state index < -0.39 is 0 Å². The maximum Gasteiger partial charge on any atom is 0.284 e. The standard InChI is InChI=1S/C13H7ClNO/c14-10-6-7-11-13(15-8-16-11)12(10)9-4-2-1-3-5-9/h1-7H. The van der Waals surface area contributed by atoms with E-state index in [1.807, 2.05) is 36.4 Å². The Balaban J connectivity index is 2.38. The van der Waals surface area contributed by atoms with Gasteiger partial charge in [0.05, 0.1) is 5.02 Å². The van der Waals surface area contributed by atoms with Crippen molar-refractivity contribution >= 4 is 22.7 Å². The Morgan fingerprint density at radius 1 is 1.06 bits per heavy atom. The second kappa shape index (κ2) is 3.65. The number of nitrogens with zero attached hydrogens (tertiary/aromatic N) is 1. The van der Waals surface area contributed by atoms with Gasteiger partial charge in [-0.3, -0.25) is 0 Å². The van der Waals surface area contributed by atoms with Gasteiger partial charge in [-0.15, -0.1) is 0 Å². The molecule has 0 bridgehead atoms. The van der Waals surface area contributed by atoms with Crippen LogP contribution in [-0.4, -0.2) is 4.98 Å². The minimum Gasteiger partial charge on any atom is -0.432 e. The number of benzene rings is 2. The average Bonchev–Trinajstić information content (AvgIpc) is 2.78. The van der Waals surface area contributed by atoms with Gasteiger partial charge in [-0.2, -0.15) is 0 Å². The van der Waals surface area contributed by atoms with E-state index in [2.05, 4.69) is 11.4 Å². The Morgan fingerprint density at radius 2 is 1.88 bits per heavy atom. The lowest BCUT2D eigenvalue weighted by molar-refractivity contribution is 0.591. The zero-order chi connectivity index (χ0) is 11.0. The summed E-state index contributed by atoms with van der Waals surface area (Å²) < 4.78 is 5.14. The van der Waals surface area contributed by atoms with E-state index in [-0.39, 0.29) is 0 Å². The molecule has 1 aromatic heterocycles. The smallest absolute Gasteiger partial charge is 0.284 e. The molecule has 0 unspecified atom stereocenters. The molecule has 3 aromatic rings. The number of hydrogen-bond acceptors (Lipinski definition) is 2. The monoisotopic (exact) mass is 228 g/mol. The summed E-state index contributed by atoms with van der Waals surface area (Å²) in [5.74, 6) is 0. The molecule has 77 valence electrons. The predicted octanol–water partition coefficient (Wildman–Crippen LogP) is 3.95. The summed E-state index contributed by atoms with van der Waals surface area (Å²) >= 11 is 6.20. The van der Waals surface area contributed by atoms with Crippen molar-refractivity contribution in [3.8, 4) is 11.1 Å². The third kappa shape index (κ3) is 1.39. The van der Waals surface area contributed by atoms with Crippen LogP contribution in [-0.2, 0) is 0 Å². The van der Waals surface area contributed by atoms with Crippen molar-refractivity contribution in [3.63, 3.8) is 0 Å². The van der Waals surface area contributed by atoms with Gasteiger partial charge in [-0.05, 0) is 17.7 Å². The minimum absolute atomic E-state index is 0.668. The van der Waals surface area contributed by atoms with Gasteiger partial charge in [0.15, 0.2) is 5.58 Å². The molecular weight excluding hydrogens is 222 g/mol. The van der Waals surface area contributed by atoms with Gasteiger partial charge in [0.25, 0.3) is 6.39 Å². The lowest BCUT2D eigenvalue weighted by Gasteiger charge is -2.04. The first kappa shape index (κ1) is 9.43. The van der Waals surface area contributed by atoms with Crippen LogP contribution in [0.1, 0.15) is 0 Å². The molecule has 0 aliphatic carbocycles. The minimum atomic E-state index is 0.668. The zero-order valence-corrected chi connectivity index (χ0v) is 9.03. The molecule has 16 heavy (non-hydrogen) atoms. The van der Waals surface area contributed by atoms with Gasteiger partial charge in [-0.1, -0.05) is 41.9 Å². The lowest BCUT2D eigenvalue weighted by atomic mass is 10.0. The van der Waals surface area contributed by atoms with E-state index in [0.717, 1.165) is 16.6 Å². The lowest BCUT2D eigenvalue weighted by Crippen LogP contribution is -1.81. The highest BCUT2D eigenvalue weighted by Crippen LogP contribution is 2.33. The van der Waals surface area contributed by atoms with Crippen LogP contribution < -0.4 is 0 Å². The highest BCUT2D eigenvalue weighted by molar-refractivity contribution is 6.34. The highest BCUT2D eigenvalue weighted by Gasteiger charge is 2.11. The topological polar surface area (TPSA) is 26.0 Å². The van der Waals surface area contributed by atoms with E-state index >= 15 is 0 Å². The van der Waals surface area contributed by atoms with E-state index in [1.165, 1.54) is 0 Å². The summed E-state index contributed by atoms with van der Waals surface area (Å²) in [6.07, 6.45) is 2.49. The van der Waals surface area contributed by atoms with E-state index in [1.54, 1.807) is 6.07 Å². The van der Waals surface area contributed by atoms with Crippen molar-refractivity contribution in [1.29, 1.82) is 0 Å². The summed E-state index contributed by atoms with van der Waals surface area (Å²) in [6.45, 7) is 0. The summed E-state index contributed by atoms with van der Waals surface area (Å²) in [5.41, 5.74) is 3.37. The molecule has 0 spiro atoms. The normalized spacial score (nSPS) is 10.8. The van der Waals surface area contributed by atoms with Crippen LogP contribution in [0.4, 0.5) is 0 Å². The molecule has 0 aliphatic heterocycles. The van der Waals surface area contributed by atoms with Crippen molar-refractivity contribution in [2.45, 2.75) is 0 Å². The summed E-state index contributed by atoms with van der Waals surface area (Å²) in [5, 5.41) is 0.668. The fourth-order valence-electron chi connectivity index (χ4n) is 1.74. The number of oxazole rings is 1. The second-order valence-corrected chi connectivity index (χ2v) is 3.85. The SMILES string of the molecule is Clc1ccc2o[c]nc2c1-c1ccccc1. The number of hydrogen-bond donors (Lipinski definition) is 0. The molecule has 0 saturated carbocycles. The van der Waals surface area contributed by atoms with Gasteiger partial charge in [0.1, 0.15) is 5.52 Å². The van der Waals surface area contributed by atoms with Crippen molar-refractivity contribution in [2.24, 2.45) is 0 Å². The quantitative estimate of drug-likeness (QED) is 0.630. The first-order valence-corrected chi connectivity index (χ1v) is 5.24. The predicted molar refractivity (Wildman–Crippen MR) is 63.3 cm³/mol. The molecule has 0 atom stereocenters. The fraction of sp³-hybridized carbons (Fsp3) is 0. The van der Waals surface area contributed by atoms with Crippen LogP contribution in [0.25, 0.3) is 22.2 Å². The van der Waals surface area contributed by atoms with E-state index in [4.69, 9.17) is 16.0 Å². The maximum atomic E-state index is 6.20. The molecular formula is C13H7ClNO. The average molecular weight is 229 g/mol. The largest absolute Gasteiger partial charge is 0.432 e. The molecule has 1 radical (unpaired) electrons. The Morgan fingerprint density at radius 3 is 2.69 bits per heavy atom. The first-order valence-electron chi connectivity index (χ1n) is 4.87. The van der Waals surface area contributed by atoms with E-state index in [9.17, 15) is 0 Å². The number of halogens is 1. The van der Waals surface area contributed by atoms with Crippen LogP contribution in [0.2, 0.25) is 5.02 Å². The zero-order valence-electron chi connectivity index (χ0n) is 8.27. The Bertz CT molecular complexity index is 631. The van der Waals surface area contributed by atoms with Crippen molar-refractivity contribution in [2.75, 3.05) is 0 Å². The van der Waals surface area contributed by atoms with Crippen molar-refractivity contribution in [3.05, 3.63) is 53.9 Å². The summed E-state index contributed by atoms with van der Waals surface area (Å²) in [4.78, 5) is 4.08. The van der Waals surface area contributed by atoms with Gasteiger partial charge in [0, 0.05) is 5.56 Å². The summed E-state index contributed by atoms with van der Waals surface area (Å²) in [6, 6.07) is 13.5. The number of fused-ring (bicyclic) bond motifs is 1. The molecule has 0 amide bonds. The van der Waals surface area contributed by atoms with Gasteiger partial charge >= 0.3 is 0 Å². The molecule has 0 fully saturated rings. The fourth-order valence-corrected chi connectivity index (χ4v) is 2.00. The Kier molecular flexibility index (Phi) is 2.15. The molecule has 2 aromatic carbocycles. The third-order valence-electron chi connectivity index (χ3n) is 2.47. The van der Waals surface area contributed by atoms with Crippen LogP contribution >= 0.6 is 11.6 Å². The van der Waals surface area contributed by atoms with Crippen molar-refractivity contribution in [1.82, 2.24) is 4.98 Å². The molecule has 0 aliphatic rings. The molecule has 1 heterocycles. The Hall–Kier alpha value is -1.80. The molecule has 3 rings (SSSR count). The van der Waals surface area contributed by atoms with Crippen molar-refractivity contribution < 1.29 is 4.42 Å². The highest BCUT2D eigenvalue weighted by atomic mass is 35.5. The van der Waals surface area contributed by atoms with Crippen LogP contribution in [0, 0.1) is 6.39 Å². The summed E-state index contributed by atoms with van der Waals surface area (Å²) in [7, 11) is 0.